The van der Waals surface area contributed by atoms with Crippen LogP contribution in [0.4, 0.5) is 14.5 Å². The third kappa shape index (κ3) is 3.11. The predicted octanol–water partition coefficient (Wildman–Crippen LogP) is 4.44. The van der Waals surface area contributed by atoms with Gasteiger partial charge in [0.15, 0.2) is 0 Å². The van der Waals surface area contributed by atoms with Gasteiger partial charge in [-0.3, -0.25) is 4.79 Å². The molecule has 0 radical (unpaired) electrons. The normalized spacial score (nSPS) is 21.3. The molecule has 0 bridgehead atoms. The van der Waals surface area contributed by atoms with E-state index in [1.807, 2.05) is 0 Å². The highest BCUT2D eigenvalue weighted by Crippen LogP contribution is 2.40. The van der Waals surface area contributed by atoms with Gasteiger partial charge in [-0.2, -0.15) is 0 Å². The first-order chi connectivity index (χ1) is 13.5. The Morgan fingerprint density at radius 3 is 2.46 bits per heavy atom. The van der Waals surface area contributed by atoms with Gasteiger partial charge in [-0.15, -0.1) is 0 Å². The Hall–Kier alpha value is -3.28. The molecule has 142 valence electrons. The molecule has 4 rings (SSSR count). The first kappa shape index (κ1) is 18.1. The van der Waals surface area contributed by atoms with Gasteiger partial charge in [0.2, 0.25) is 5.91 Å². The number of hydrogen-bond acceptors (Lipinski definition) is 3. The van der Waals surface area contributed by atoms with Crippen LogP contribution in [0.1, 0.15) is 40.2 Å². The topological polar surface area (TPSA) is 79.0 Å². The number of nitrogens with one attached hydrogen (secondary N) is 2. The van der Waals surface area contributed by atoms with E-state index in [9.17, 15) is 13.6 Å². The molecule has 1 aliphatic heterocycles. The molecule has 1 aliphatic carbocycles. The van der Waals surface area contributed by atoms with Crippen LogP contribution in [0.5, 0.6) is 0 Å². The zero-order valence-corrected chi connectivity index (χ0v) is 15.0. The summed E-state index contributed by atoms with van der Waals surface area (Å²) in [5.74, 6) is -1.61. The van der Waals surface area contributed by atoms with Gasteiger partial charge in [0, 0.05) is 17.7 Å². The van der Waals surface area contributed by atoms with Crippen molar-refractivity contribution in [1.29, 1.82) is 5.41 Å². The molecule has 2 atom stereocenters. The van der Waals surface area contributed by atoms with Crippen molar-refractivity contribution < 1.29 is 13.6 Å². The fraction of sp³-hybridized carbons (Fsp3) is 0.182. The summed E-state index contributed by atoms with van der Waals surface area (Å²) in [6.07, 6.45) is 4.02. The minimum Gasteiger partial charge on any atom is -0.377 e. The van der Waals surface area contributed by atoms with Gasteiger partial charge in [-0.25, -0.2) is 8.78 Å². The molecular weight excluding hydrogens is 360 g/mol. The molecule has 0 saturated carbocycles. The van der Waals surface area contributed by atoms with Crippen LogP contribution in [0, 0.1) is 11.2 Å². The number of nitrogens with two attached hydrogens (primary N) is 1. The molecule has 2 aromatic carbocycles. The van der Waals surface area contributed by atoms with Crippen LogP contribution in [0.3, 0.4) is 0 Å². The monoisotopic (exact) mass is 379 g/mol. The smallest absolute Gasteiger partial charge is 0.249 e. The lowest BCUT2D eigenvalue weighted by Crippen LogP contribution is -2.40. The Morgan fingerprint density at radius 1 is 1.07 bits per heavy atom. The number of carbonyl (C=O) groups excluding carboxylic acids is 1. The molecule has 2 aromatic rings. The Morgan fingerprint density at radius 2 is 1.82 bits per heavy atom. The summed E-state index contributed by atoms with van der Waals surface area (Å²) in [5, 5.41) is 12.3. The van der Waals surface area contributed by atoms with E-state index in [0.717, 1.165) is 11.1 Å². The second-order valence-electron chi connectivity index (χ2n) is 7.01. The third-order valence-electron chi connectivity index (χ3n) is 5.31. The molecule has 1 heterocycles. The molecule has 0 fully saturated rings. The van der Waals surface area contributed by atoms with Crippen molar-refractivity contribution in [3.63, 3.8) is 0 Å². The summed E-state index contributed by atoms with van der Waals surface area (Å²) in [4.78, 5) is 11.9. The van der Waals surface area contributed by atoms with Crippen LogP contribution in [-0.2, 0) is 0 Å². The van der Waals surface area contributed by atoms with E-state index in [-0.39, 0.29) is 29.0 Å². The molecule has 0 spiro atoms. The average Bonchev–Trinajstić information content (AvgIpc) is 2.69. The molecular formula is C22H19F2N3O. The highest BCUT2D eigenvalue weighted by molar-refractivity contribution is 6.16. The number of rotatable bonds is 3. The lowest BCUT2D eigenvalue weighted by atomic mass is 9.75. The minimum atomic E-state index is -0.610. The Kier molecular flexibility index (Phi) is 4.55. The van der Waals surface area contributed by atoms with E-state index < -0.39 is 11.8 Å². The summed E-state index contributed by atoms with van der Waals surface area (Å²) < 4.78 is 27.0. The van der Waals surface area contributed by atoms with Gasteiger partial charge in [-0.1, -0.05) is 24.3 Å². The van der Waals surface area contributed by atoms with Crippen molar-refractivity contribution in [2.24, 2.45) is 5.73 Å². The van der Waals surface area contributed by atoms with Crippen LogP contribution in [-0.4, -0.2) is 17.7 Å². The predicted molar refractivity (Wildman–Crippen MR) is 105 cm³/mol. The van der Waals surface area contributed by atoms with Crippen LogP contribution in [0.25, 0.3) is 0 Å². The number of anilines is 1. The largest absolute Gasteiger partial charge is 0.377 e. The number of benzene rings is 2. The molecule has 6 heteroatoms. The summed E-state index contributed by atoms with van der Waals surface area (Å²) in [5.41, 5.74) is 8.81. The Balaban J connectivity index is 1.87. The molecule has 1 amide bonds. The van der Waals surface area contributed by atoms with Crippen LogP contribution in [0.15, 0.2) is 66.0 Å². The third-order valence-corrected chi connectivity index (χ3v) is 5.31. The number of carbonyl (C=O) groups is 1. The van der Waals surface area contributed by atoms with Crippen molar-refractivity contribution in [3.8, 4) is 0 Å². The van der Waals surface area contributed by atoms with Crippen LogP contribution >= 0.6 is 0 Å². The molecule has 2 unspecified atom stereocenters. The van der Waals surface area contributed by atoms with Crippen molar-refractivity contribution in [3.05, 3.63) is 88.5 Å². The molecule has 28 heavy (non-hydrogen) atoms. The maximum Gasteiger partial charge on any atom is 0.249 e. The van der Waals surface area contributed by atoms with Crippen molar-refractivity contribution in [1.82, 2.24) is 0 Å². The molecule has 2 aliphatic rings. The number of halogens is 2. The van der Waals surface area contributed by atoms with Crippen molar-refractivity contribution in [2.75, 3.05) is 5.32 Å². The Bertz CT molecular complexity index is 1020. The number of fused-ring (bicyclic) bond motifs is 1. The standard InChI is InChI=1S/C22H19F2N3O/c23-14-8-4-12(5-9-14)18-20(25)19-16(22(26)28)2-1-3-17(19)27-21(18)13-6-10-15(24)11-7-13/h1-6,8-10,18,21,25,27H,7,11H2,(H2,26,28). The van der Waals surface area contributed by atoms with E-state index >= 15 is 0 Å². The summed E-state index contributed by atoms with van der Waals surface area (Å²) in [7, 11) is 0. The van der Waals surface area contributed by atoms with E-state index in [0.29, 0.717) is 24.1 Å². The van der Waals surface area contributed by atoms with E-state index in [1.165, 1.54) is 18.2 Å². The van der Waals surface area contributed by atoms with Gasteiger partial charge >= 0.3 is 0 Å². The van der Waals surface area contributed by atoms with Gasteiger partial charge in [-0.05, 0) is 47.9 Å². The summed E-state index contributed by atoms with van der Waals surface area (Å²) >= 11 is 0. The maximum atomic E-state index is 13.5. The highest BCUT2D eigenvalue weighted by Gasteiger charge is 2.37. The lowest BCUT2D eigenvalue weighted by molar-refractivity contribution is 0.1000. The summed E-state index contributed by atoms with van der Waals surface area (Å²) in [6.45, 7) is 0. The quantitative estimate of drug-likeness (QED) is 0.737. The molecule has 0 saturated heterocycles. The number of allylic oxidation sites excluding steroid dienone is 3. The summed E-state index contributed by atoms with van der Waals surface area (Å²) in [6, 6.07) is 10.8. The number of primary amides is 1. The molecule has 0 aromatic heterocycles. The fourth-order valence-electron chi connectivity index (χ4n) is 3.96. The van der Waals surface area contributed by atoms with Gasteiger partial charge in [0.05, 0.1) is 23.2 Å². The second kappa shape index (κ2) is 7.03. The van der Waals surface area contributed by atoms with Crippen molar-refractivity contribution in [2.45, 2.75) is 24.8 Å². The van der Waals surface area contributed by atoms with Gasteiger partial charge < -0.3 is 16.5 Å². The second-order valence-corrected chi connectivity index (χ2v) is 7.01. The van der Waals surface area contributed by atoms with Gasteiger partial charge in [0.1, 0.15) is 11.6 Å². The first-order valence-corrected chi connectivity index (χ1v) is 9.04. The first-order valence-electron chi connectivity index (χ1n) is 9.04. The molecule has 4 nitrogen and oxygen atoms in total. The molecule has 4 N–H and O–H groups in total. The lowest BCUT2D eigenvalue weighted by Gasteiger charge is -2.38. The number of amides is 1. The van der Waals surface area contributed by atoms with Gasteiger partial charge in [0.25, 0.3) is 0 Å². The number of hydrogen-bond donors (Lipinski definition) is 3. The highest BCUT2D eigenvalue weighted by atomic mass is 19.1. The minimum absolute atomic E-state index is 0.176. The zero-order valence-electron chi connectivity index (χ0n) is 15.0. The van der Waals surface area contributed by atoms with Crippen LogP contribution in [0.2, 0.25) is 0 Å². The van der Waals surface area contributed by atoms with E-state index in [1.54, 1.807) is 36.4 Å². The van der Waals surface area contributed by atoms with Crippen LogP contribution < -0.4 is 11.1 Å². The fourth-order valence-corrected chi connectivity index (χ4v) is 3.96. The van der Waals surface area contributed by atoms with E-state index in [4.69, 9.17) is 11.1 Å². The van der Waals surface area contributed by atoms with E-state index in [2.05, 4.69) is 5.32 Å². The zero-order chi connectivity index (χ0) is 19.8. The Labute approximate surface area is 161 Å². The van der Waals surface area contributed by atoms with Crippen molar-refractivity contribution >= 4 is 17.3 Å². The maximum absolute atomic E-state index is 13.5. The average molecular weight is 379 g/mol. The SMILES string of the molecule is N=C1c2c(cccc2C(N)=O)NC(C2=CC=C(F)CC2)C1c1ccc(F)cc1.